The summed E-state index contributed by atoms with van der Waals surface area (Å²) in [5, 5.41) is 3.00. The van der Waals surface area contributed by atoms with Crippen molar-refractivity contribution in [3.63, 3.8) is 0 Å². The number of benzene rings is 1. The zero-order valence-corrected chi connectivity index (χ0v) is 12.0. The van der Waals surface area contributed by atoms with Crippen LogP contribution in [0, 0.1) is 5.92 Å². The summed E-state index contributed by atoms with van der Waals surface area (Å²) in [5.74, 6) is 1.20. The molecule has 3 N–H and O–H groups in total. The Labute approximate surface area is 119 Å². The first kappa shape index (κ1) is 14.7. The SMILES string of the molecule is COc1ccc(CC(CN)C(=O)NC2CC2)cc1OC. The number of ether oxygens (including phenoxy) is 2. The van der Waals surface area contributed by atoms with Gasteiger partial charge in [0.15, 0.2) is 11.5 Å². The van der Waals surface area contributed by atoms with Crippen LogP contribution in [-0.2, 0) is 11.2 Å². The molecule has 1 unspecified atom stereocenters. The maximum Gasteiger partial charge on any atom is 0.224 e. The number of hydrogen-bond donors (Lipinski definition) is 2. The van der Waals surface area contributed by atoms with Gasteiger partial charge in [-0.15, -0.1) is 0 Å². The lowest BCUT2D eigenvalue weighted by Crippen LogP contribution is -2.37. The smallest absolute Gasteiger partial charge is 0.224 e. The highest BCUT2D eigenvalue weighted by atomic mass is 16.5. The summed E-state index contributed by atoms with van der Waals surface area (Å²) in [6.45, 7) is 0.340. The van der Waals surface area contributed by atoms with E-state index < -0.39 is 0 Å². The van der Waals surface area contributed by atoms with Gasteiger partial charge in [-0.05, 0) is 37.0 Å². The van der Waals surface area contributed by atoms with Gasteiger partial charge in [0.1, 0.15) is 0 Å². The molecule has 20 heavy (non-hydrogen) atoms. The van der Waals surface area contributed by atoms with E-state index in [2.05, 4.69) is 5.32 Å². The van der Waals surface area contributed by atoms with Crippen LogP contribution in [-0.4, -0.2) is 32.7 Å². The molecule has 0 radical (unpaired) electrons. The number of amides is 1. The fraction of sp³-hybridized carbons (Fsp3) is 0.533. The Bertz CT molecular complexity index is 472. The summed E-state index contributed by atoms with van der Waals surface area (Å²) in [7, 11) is 3.20. The fourth-order valence-corrected chi connectivity index (χ4v) is 2.12. The van der Waals surface area contributed by atoms with Crippen molar-refractivity contribution in [1.82, 2.24) is 5.32 Å². The van der Waals surface area contributed by atoms with E-state index in [4.69, 9.17) is 15.2 Å². The molecule has 5 heteroatoms. The van der Waals surface area contributed by atoms with Gasteiger partial charge in [0.25, 0.3) is 0 Å². The van der Waals surface area contributed by atoms with E-state index in [0.717, 1.165) is 18.4 Å². The van der Waals surface area contributed by atoms with E-state index >= 15 is 0 Å². The minimum absolute atomic E-state index is 0.0461. The van der Waals surface area contributed by atoms with Gasteiger partial charge < -0.3 is 20.5 Å². The van der Waals surface area contributed by atoms with Crippen molar-refractivity contribution in [3.05, 3.63) is 23.8 Å². The van der Waals surface area contributed by atoms with E-state index in [0.29, 0.717) is 30.5 Å². The molecule has 1 aliphatic carbocycles. The van der Waals surface area contributed by atoms with Crippen molar-refractivity contribution in [2.45, 2.75) is 25.3 Å². The number of rotatable bonds is 7. The number of methoxy groups -OCH3 is 2. The highest BCUT2D eigenvalue weighted by Crippen LogP contribution is 2.28. The molecular weight excluding hydrogens is 256 g/mol. The molecule has 0 aromatic heterocycles. The first-order valence-electron chi connectivity index (χ1n) is 6.89. The van der Waals surface area contributed by atoms with Crippen LogP contribution >= 0.6 is 0 Å². The number of carbonyl (C=O) groups excluding carboxylic acids is 1. The summed E-state index contributed by atoms with van der Waals surface area (Å²) in [4.78, 5) is 12.1. The van der Waals surface area contributed by atoms with Crippen molar-refractivity contribution in [2.75, 3.05) is 20.8 Å². The molecular formula is C15H22N2O3. The summed E-state index contributed by atoms with van der Waals surface area (Å²) < 4.78 is 10.5. The van der Waals surface area contributed by atoms with Gasteiger partial charge in [0.2, 0.25) is 5.91 Å². The highest BCUT2D eigenvalue weighted by Gasteiger charge is 2.27. The lowest BCUT2D eigenvalue weighted by molar-refractivity contribution is -0.124. The molecule has 1 fully saturated rings. The van der Waals surface area contributed by atoms with E-state index in [9.17, 15) is 4.79 Å². The van der Waals surface area contributed by atoms with Crippen LogP contribution in [0.1, 0.15) is 18.4 Å². The molecule has 5 nitrogen and oxygen atoms in total. The maximum atomic E-state index is 12.1. The number of nitrogens with two attached hydrogens (primary N) is 1. The van der Waals surface area contributed by atoms with Gasteiger partial charge >= 0.3 is 0 Å². The number of hydrogen-bond acceptors (Lipinski definition) is 4. The summed E-state index contributed by atoms with van der Waals surface area (Å²) >= 11 is 0. The Morgan fingerprint density at radius 2 is 2.05 bits per heavy atom. The summed E-state index contributed by atoms with van der Waals surface area (Å²) in [6.07, 6.45) is 2.77. The molecule has 1 atom stereocenters. The van der Waals surface area contributed by atoms with Crippen molar-refractivity contribution >= 4 is 5.91 Å². The second-order valence-corrected chi connectivity index (χ2v) is 5.11. The molecule has 1 aliphatic rings. The van der Waals surface area contributed by atoms with Crippen LogP contribution in [0.3, 0.4) is 0 Å². The predicted molar refractivity (Wildman–Crippen MR) is 77.0 cm³/mol. The van der Waals surface area contributed by atoms with Gasteiger partial charge in [-0.3, -0.25) is 4.79 Å². The van der Waals surface area contributed by atoms with Crippen molar-refractivity contribution in [3.8, 4) is 11.5 Å². The van der Waals surface area contributed by atoms with Gasteiger partial charge in [-0.25, -0.2) is 0 Å². The van der Waals surface area contributed by atoms with Crippen molar-refractivity contribution in [1.29, 1.82) is 0 Å². The number of nitrogens with one attached hydrogen (secondary N) is 1. The first-order chi connectivity index (χ1) is 9.67. The Balaban J connectivity index is 2.04. The zero-order valence-electron chi connectivity index (χ0n) is 12.0. The normalized spacial score (nSPS) is 15.6. The Hall–Kier alpha value is -1.75. The second kappa shape index (κ2) is 6.61. The number of carbonyl (C=O) groups is 1. The molecule has 1 amide bonds. The quantitative estimate of drug-likeness (QED) is 0.783. The average Bonchev–Trinajstić information content (AvgIpc) is 3.28. The molecule has 0 spiro atoms. The third-order valence-electron chi connectivity index (χ3n) is 3.51. The van der Waals surface area contributed by atoms with Crippen LogP contribution in [0.5, 0.6) is 11.5 Å². The van der Waals surface area contributed by atoms with Gasteiger partial charge in [-0.2, -0.15) is 0 Å². The van der Waals surface area contributed by atoms with Crippen LogP contribution in [0.2, 0.25) is 0 Å². The van der Waals surface area contributed by atoms with E-state index in [-0.39, 0.29) is 11.8 Å². The van der Waals surface area contributed by atoms with Gasteiger partial charge in [0, 0.05) is 12.6 Å². The lowest BCUT2D eigenvalue weighted by Gasteiger charge is -2.16. The Morgan fingerprint density at radius 1 is 1.35 bits per heavy atom. The Morgan fingerprint density at radius 3 is 2.60 bits per heavy atom. The third-order valence-corrected chi connectivity index (χ3v) is 3.51. The van der Waals surface area contributed by atoms with Crippen LogP contribution in [0.15, 0.2) is 18.2 Å². The first-order valence-corrected chi connectivity index (χ1v) is 6.89. The monoisotopic (exact) mass is 278 g/mol. The minimum atomic E-state index is -0.200. The predicted octanol–water partition coefficient (Wildman–Crippen LogP) is 1.10. The van der Waals surface area contributed by atoms with Gasteiger partial charge in [0.05, 0.1) is 20.1 Å². The lowest BCUT2D eigenvalue weighted by atomic mass is 9.98. The molecule has 2 rings (SSSR count). The largest absolute Gasteiger partial charge is 0.493 e. The summed E-state index contributed by atoms with van der Waals surface area (Å²) in [5.41, 5.74) is 6.75. The molecule has 1 saturated carbocycles. The van der Waals surface area contributed by atoms with E-state index in [1.54, 1.807) is 14.2 Å². The average molecular weight is 278 g/mol. The van der Waals surface area contributed by atoms with E-state index in [1.165, 1.54) is 0 Å². The second-order valence-electron chi connectivity index (χ2n) is 5.11. The Kier molecular flexibility index (Phi) is 4.84. The molecule has 0 bridgehead atoms. The van der Waals surface area contributed by atoms with Crippen molar-refractivity contribution in [2.24, 2.45) is 11.7 Å². The molecule has 0 aliphatic heterocycles. The fourth-order valence-electron chi connectivity index (χ4n) is 2.12. The third kappa shape index (κ3) is 3.63. The summed E-state index contributed by atoms with van der Waals surface area (Å²) in [6, 6.07) is 6.04. The standard InChI is InChI=1S/C15H22N2O3/c1-19-13-6-3-10(8-14(13)20-2)7-11(9-16)15(18)17-12-4-5-12/h3,6,8,11-12H,4-5,7,9,16H2,1-2H3,(H,17,18). The van der Waals surface area contributed by atoms with Crippen LogP contribution < -0.4 is 20.5 Å². The molecule has 0 saturated heterocycles. The highest BCUT2D eigenvalue weighted by molar-refractivity contribution is 5.79. The topological polar surface area (TPSA) is 73.6 Å². The molecule has 1 aromatic rings. The maximum absolute atomic E-state index is 12.1. The zero-order chi connectivity index (χ0) is 14.5. The van der Waals surface area contributed by atoms with Gasteiger partial charge in [-0.1, -0.05) is 6.07 Å². The molecule has 110 valence electrons. The molecule has 1 aromatic carbocycles. The van der Waals surface area contributed by atoms with E-state index in [1.807, 2.05) is 18.2 Å². The minimum Gasteiger partial charge on any atom is -0.493 e. The van der Waals surface area contributed by atoms with Crippen LogP contribution in [0.25, 0.3) is 0 Å². The van der Waals surface area contributed by atoms with Crippen molar-refractivity contribution < 1.29 is 14.3 Å². The molecule has 0 heterocycles. The van der Waals surface area contributed by atoms with Crippen LogP contribution in [0.4, 0.5) is 0 Å².